The van der Waals surface area contributed by atoms with E-state index in [4.69, 9.17) is 0 Å². The van der Waals surface area contributed by atoms with Gasteiger partial charge < -0.3 is 10.2 Å². The third-order valence-corrected chi connectivity index (χ3v) is 3.94. The zero-order valence-corrected chi connectivity index (χ0v) is 11.7. The molecule has 2 heteroatoms. The Morgan fingerprint density at radius 2 is 1.45 bits per heavy atom. The summed E-state index contributed by atoms with van der Waals surface area (Å²) < 4.78 is 0. The number of benzene rings is 4. The van der Waals surface area contributed by atoms with Crippen molar-refractivity contribution in [3.05, 3.63) is 72.8 Å². The van der Waals surface area contributed by atoms with E-state index in [1.807, 2.05) is 48.5 Å². The van der Waals surface area contributed by atoms with Crippen LogP contribution in [0.1, 0.15) is 0 Å². The first kappa shape index (κ1) is 12.7. The van der Waals surface area contributed by atoms with E-state index in [0.717, 1.165) is 16.3 Å². The van der Waals surface area contributed by atoms with Gasteiger partial charge in [0.15, 0.2) is 0 Å². The molecule has 2 N–H and O–H groups in total. The highest BCUT2D eigenvalue weighted by Crippen LogP contribution is 2.41. The smallest absolute Gasteiger partial charge is 0.131 e. The summed E-state index contributed by atoms with van der Waals surface area (Å²) in [6.45, 7) is 0. The van der Waals surface area contributed by atoms with Crippen LogP contribution in [0.25, 0.3) is 32.7 Å². The number of phenolic OH excluding ortho intramolecular Hbond substituents is 2. The van der Waals surface area contributed by atoms with Crippen LogP contribution in [-0.2, 0) is 0 Å². The predicted molar refractivity (Wildman–Crippen MR) is 89.1 cm³/mol. The topological polar surface area (TPSA) is 40.5 Å². The first-order valence-electron chi connectivity index (χ1n) is 7.09. The Labute approximate surface area is 127 Å². The van der Waals surface area contributed by atoms with Crippen molar-refractivity contribution in [2.75, 3.05) is 0 Å². The molecule has 1 radical (unpaired) electrons. The van der Waals surface area contributed by atoms with Gasteiger partial charge >= 0.3 is 0 Å². The van der Waals surface area contributed by atoms with E-state index >= 15 is 0 Å². The zero-order chi connectivity index (χ0) is 15.1. The minimum absolute atomic E-state index is 0.157. The lowest BCUT2D eigenvalue weighted by molar-refractivity contribution is 0.471. The lowest BCUT2D eigenvalue weighted by atomic mass is 9.97. The van der Waals surface area contributed by atoms with Crippen molar-refractivity contribution in [1.82, 2.24) is 0 Å². The highest BCUT2D eigenvalue weighted by Gasteiger charge is 2.12. The highest BCUT2D eigenvalue weighted by atomic mass is 16.3. The molecular weight excluding hydrogens is 272 g/mol. The van der Waals surface area contributed by atoms with Crippen LogP contribution in [0.4, 0.5) is 0 Å². The van der Waals surface area contributed by atoms with Gasteiger partial charge in [0.1, 0.15) is 11.5 Å². The Bertz CT molecular complexity index is 1000. The van der Waals surface area contributed by atoms with E-state index in [-0.39, 0.29) is 11.5 Å². The molecule has 4 aromatic rings. The average Bonchev–Trinajstić information content (AvgIpc) is 2.58. The number of rotatable bonds is 1. The molecular formula is C20H13O2. The molecule has 0 bridgehead atoms. The summed E-state index contributed by atoms with van der Waals surface area (Å²) in [5.41, 5.74) is 1.35. The molecule has 0 heterocycles. The fourth-order valence-electron chi connectivity index (χ4n) is 2.82. The van der Waals surface area contributed by atoms with Crippen LogP contribution in [-0.4, -0.2) is 10.2 Å². The van der Waals surface area contributed by atoms with Crippen LogP contribution in [0.5, 0.6) is 11.5 Å². The molecule has 105 valence electrons. The summed E-state index contributed by atoms with van der Waals surface area (Å²) in [4.78, 5) is 0. The van der Waals surface area contributed by atoms with Crippen LogP contribution in [0.3, 0.4) is 0 Å². The molecule has 0 spiro atoms. The van der Waals surface area contributed by atoms with Crippen molar-refractivity contribution in [1.29, 1.82) is 0 Å². The van der Waals surface area contributed by atoms with Gasteiger partial charge in [-0.05, 0) is 28.5 Å². The number of aromatic hydroxyl groups is 2. The molecule has 0 atom stereocenters. The third kappa shape index (κ3) is 1.89. The van der Waals surface area contributed by atoms with Crippen molar-refractivity contribution in [2.45, 2.75) is 0 Å². The fraction of sp³-hybridized carbons (Fsp3) is 0. The lowest BCUT2D eigenvalue weighted by Gasteiger charge is -2.10. The van der Waals surface area contributed by atoms with Crippen molar-refractivity contribution >= 4 is 21.5 Å². The predicted octanol–water partition coefficient (Wildman–Crippen LogP) is 4.87. The van der Waals surface area contributed by atoms with Gasteiger partial charge in [-0.1, -0.05) is 60.7 Å². The van der Waals surface area contributed by atoms with Crippen LogP contribution in [0, 0.1) is 6.07 Å². The van der Waals surface area contributed by atoms with Gasteiger partial charge in [0.2, 0.25) is 0 Å². The number of hydrogen-bond donors (Lipinski definition) is 2. The maximum absolute atomic E-state index is 10.6. The summed E-state index contributed by atoms with van der Waals surface area (Å²) >= 11 is 0. The summed E-state index contributed by atoms with van der Waals surface area (Å²) in [7, 11) is 0. The van der Waals surface area contributed by atoms with Crippen LogP contribution < -0.4 is 0 Å². The minimum atomic E-state index is 0.157. The largest absolute Gasteiger partial charge is 0.507 e. The van der Waals surface area contributed by atoms with E-state index in [1.165, 1.54) is 0 Å². The van der Waals surface area contributed by atoms with Gasteiger partial charge in [0, 0.05) is 16.3 Å². The maximum atomic E-state index is 10.6. The second-order valence-electron chi connectivity index (χ2n) is 5.30. The monoisotopic (exact) mass is 285 g/mol. The fourth-order valence-corrected chi connectivity index (χ4v) is 2.82. The molecule has 0 unspecified atom stereocenters. The number of fused-ring (bicyclic) bond motifs is 2. The van der Waals surface area contributed by atoms with Crippen LogP contribution in [0.15, 0.2) is 66.7 Å². The van der Waals surface area contributed by atoms with Crippen molar-refractivity contribution < 1.29 is 10.2 Å². The molecule has 0 saturated carbocycles. The second kappa shape index (κ2) is 4.78. The normalized spacial score (nSPS) is 11.1. The molecule has 0 amide bonds. The molecule has 0 saturated heterocycles. The Kier molecular flexibility index (Phi) is 2.76. The molecule has 0 aliphatic rings. The summed E-state index contributed by atoms with van der Waals surface area (Å²) in [6, 6.07) is 24.0. The van der Waals surface area contributed by atoms with E-state index in [0.29, 0.717) is 16.3 Å². The second-order valence-corrected chi connectivity index (χ2v) is 5.30. The van der Waals surface area contributed by atoms with Gasteiger partial charge in [-0.3, -0.25) is 0 Å². The first-order chi connectivity index (χ1) is 10.7. The van der Waals surface area contributed by atoms with Crippen LogP contribution >= 0.6 is 0 Å². The third-order valence-electron chi connectivity index (χ3n) is 3.94. The number of phenols is 2. The Hall–Kier alpha value is -3.00. The van der Waals surface area contributed by atoms with E-state index in [9.17, 15) is 10.2 Å². The summed E-state index contributed by atoms with van der Waals surface area (Å²) in [5.74, 6) is 0.324. The summed E-state index contributed by atoms with van der Waals surface area (Å²) in [5, 5.41) is 24.1. The van der Waals surface area contributed by atoms with Gasteiger partial charge in [-0.25, -0.2) is 0 Å². The van der Waals surface area contributed by atoms with Gasteiger partial charge in [-0.2, -0.15) is 0 Å². The Morgan fingerprint density at radius 3 is 2.32 bits per heavy atom. The number of hydrogen-bond acceptors (Lipinski definition) is 2. The highest BCUT2D eigenvalue weighted by molar-refractivity contribution is 5.99. The Morgan fingerprint density at radius 1 is 0.727 bits per heavy atom. The molecule has 4 rings (SSSR count). The van der Waals surface area contributed by atoms with Crippen molar-refractivity contribution in [3.8, 4) is 22.6 Å². The van der Waals surface area contributed by atoms with Crippen LogP contribution in [0.2, 0.25) is 0 Å². The quantitative estimate of drug-likeness (QED) is 0.490. The maximum Gasteiger partial charge on any atom is 0.131 e. The standard InChI is InChI=1S/C20H13O2/c21-19-12-18(20(22)17-8-4-3-7-16(17)19)15-10-9-13-5-1-2-6-14(13)11-15/h1-10,12,21-22H. The van der Waals surface area contributed by atoms with E-state index < -0.39 is 0 Å². The van der Waals surface area contributed by atoms with Crippen molar-refractivity contribution in [3.63, 3.8) is 0 Å². The molecule has 0 fully saturated rings. The van der Waals surface area contributed by atoms with Gasteiger partial charge in [0.05, 0.1) is 0 Å². The SMILES string of the molecule is Oc1cc(-c2[c]c3ccccc3cc2)c(O)c2ccccc12. The minimum Gasteiger partial charge on any atom is -0.507 e. The van der Waals surface area contributed by atoms with Gasteiger partial charge in [0.25, 0.3) is 0 Å². The van der Waals surface area contributed by atoms with Gasteiger partial charge in [-0.15, -0.1) is 0 Å². The molecule has 22 heavy (non-hydrogen) atoms. The lowest BCUT2D eigenvalue weighted by Crippen LogP contribution is -1.84. The zero-order valence-electron chi connectivity index (χ0n) is 11.7. The molecule has 0 aromatic heterocycles. The molecule has 0 aliphatic heterocycles. The average molecular weight is 285 g/mol. The van der Waals surface area contributed by atoms with E-state index in [2.05, 4.69) is 6.07 Å². The molecule has 4 aromatic carbocycles. The van der Waals surface area contributed by atoms with E-state index in [1.54, 1.807) is 18.2 Å². The first-order valence-corrected chi connectivity index (χ1v) is 7.09. The molecule has 2 nitrogen and oxygen atoms in total. The Balaban J connectivity index is 2.01. The molecule has 0 aliphatic carbocycles. The summed E-state index contributed by atoms with van der Waals surface area (Å²) in [6.07, 6.45) is 0. The van der Waals surface area contributed by atoms with Crippen molar-refractivity contribution in [2.24, 2.45) is 0 Å².